The normalized spacial score (nSPS) is 18.8. The SMILES string of the molecule is CCOC(=O)C1CCN(c2nc3c(C)cccc3cc2/C=C2\SC(=S)N(C(C)C)C2=O)CC1. The van der Waals surface area contributed by atoms with Gasteiger partial charge in [0.05, 0.1) is 22.9 Å². The number of thioether (sulfide) groups is 1. The zero-order valence-electron chi connectivity index (χ0n) is 19.5. The first-order chi connectivity index (χ1) is 15.8. The molecule has 1 aromatic carbocycles. The van der Waals surface area contributed by atoms with Crippen molar-refractivity contribution < 1.29 is 14.3 Å². The van der Waals surface area contributed by atoms with Gasteiger partial charge in [0.15, 0.2) is 0 Å². The van der Waals surface area contributed by atoms with Crippen molar-refractivity contribution in [3.8, 4) is 0 Å². The van der Waals surface area contributed by atoms with Crippen molar-refractivity contribution >= 4 is 63.0 Å². The second-order valence-electron chi connectivity index (χ2n) is 8.71. The van der Waals surface area contributed by atoms with Crippen molar-refractivity contribution in [2.75, 3.05) is 24.6 Å². The van der Waals surface area contributed by atoms with Gasteiger partial charge in [-0.15, -0.1) is 0 Å². The summed E-state index contributed by atoms with van der Waals surface area (Å²) in [6, 6.07) is 8.24. The number of pyridine rings is 1. The van der Waals surface area contributed by atoms with Gasteiger partial charge in [-0.25, -0.2) is 4.98 Å². The van der Waals surface area contributed by atoms with Crippen LogP contribution in [0.4, 0.5) is 5.82 Å². The average molecular weight is 484 g/mol. The molecule has 0 bridgehead atoms. The van der Waals surface area contributed by atoms with E-state index in [2.05, 4.69) is 24.0 Å². The van der Waals surface area contributed by atoms with E-state index in [9.17, 15) is 9.59 Å². The molecule has 0 unspecified atom stereocenters. The number of carbonyl (C=O) groups is 2. The number of hydrogen-bond acceptors (Lipinski definition) is 7. The Kier molecular flexibility index (Phi) is 7.05. The molecule has 174 valence electrons. The summed E-state index contributed by atoms with van der Waals surface area (Å²) in [6.07, 6.45) is 3.37. The summed E-state index contributed by atoms with van der Waals surface area (Å²) < 4.78 is 5.81. The maximum Gasteiger partial charge on any atom is 0.309 e. The van der Waals surface area contributed by atoms with Gasteiger partial charge in [-0.05, 0) is 58.2 Å². The Morgan fingerprint density at radius 3 is 2.70 bits per heavy atom. The van der Waals surface area contributed by atoms with Crippen LogP contribution in [0.2, 0.25) is 0 Å². The van der Waals surface area contributed by atoms with Crippen LogP contribution in [0.15, 0.2) is 29.2 Å². The Balaban J connectivity index is 1.71. The van der Waals surface area contributed by atoms with Crippen molar-refractivity contribution in [3.63, 3.8) is 0 Å². The molecule has 2 saturated heterocycles. The van der Waals surface area contributed by atoms with Crippen LogP contribution < -0.4 is 4.90 Å². The maximum atomic E-state index is 13.0. The maximum absolute atomic E-state index is 13.0. The van der Waals surface area contributed by atoms with E-state index in [1.165, 1.54) is 11.8 Å². The van der Waals surface area contributed by atoms with Crippen molar-refractivity contribution in [2.45, 2.75) is 46.6 Å². The van der Waals surface area contributed by atoms with E-state index in [1.54, 1.807) is 4.90 Å². The number of ether oxygens (including phenoxy) is 1. The molecular formula is C25H29N3O3S2. The highest BCUT2D eigenvalue weighted by molar-refractivity contribution is 8.26. The molecule has 1 aromatic heterocycles. The Morgan fingerprint density at radius 2 is 2.06 bits per heavy atom. The summed E-state index contributed by atoms with van der Waals surface area (Å²) in [5.74, 6) is 0.594. The van der Waals surface area contributed by atoms with Gasteiger partial charge in [-0.2, -0.15) is 0 Å². The van der Waals surface area contributed by atoms with Gasteiger partial charge in [0, 0.05) is 30.1 Å². The first-order valence-corrected chi connectivity index (χ1v) is 12.6. The van der Waals surface area contributed by atoms with Crippen molar-refractivity contribution in [1.29, 1.82) is 0 Å². The van der Waals surface area contributed by atoms with Gasteiger partial charge in [0.1, 0.15) is 10.1 Å². The largest absolute Gasteiger partial charge is 0.466 e. The minimum absolute atomic E-state index is 0.0159. The summed E-state index contributed by atoms with van der Waals surface area (Å²) in [5.41, 5.74) is 2.95. The van der Waals surface area contributed by atoms with E-state index >= 15 is 0 Å². The Hall–Kier alpha value is -2.45. The van der Waals surface area contributed by atoms with Crippen LogP contribution in [0.1, 0.15) is 44.7 Å². The molecule has 33 heavy (non-hydrogen) atoms. The second kappa shape index (κ2) is 9.81. The fourth-order valence-electron chi connectivity index (χ4n) is 4.37. The van der Waals surface area contributed by atoms with Gasteiger partial charge in [-0.1, -0.05) is 42.2 Å². The summed E-state index contributed by atoms with van der Waals surface area (Å²) in [4.78, 5) is 34.7. The molecule has 0 aliphatic carbocycles. The number of amides is 1. The van der Waals surface area contributed by atoms with Crippen molar-refractivity contribution in [1.82, 2.24) is 9.88 Å². The molecule has 0 radical (unpaired) electrons. The molecule has 6 nitrogen and oxygen atoms in total. The van der Waals surface area contributed by atoms with E-state index in [1.807, 2.05) is 39.0 Å². The first-order valence-electron chi connectivity index (χ1n) is 11.4. The number of anilines is 1. The lowest BCUT2D eigenvalue weighted by Gasteiger charge is -2.33. The molecule has 2 fully saturated rings. The number of nitrogens with zero attached hydrogens (tertiary/aromatic N) is 3. The van der Waals surface area contributed by atoms with Gasteiger partial charge >= 0.3 is 5.97 Å². The van der Waals surface area contributed by atoms with Crippen molar-refractivity contribution in [2.24, 2.45) is 5.92 Å². The zero-order chi connectivity index (χ0) is 23.7. The number of esters is 1. The Morgan fingerprint density at radius 1 is 1.33 bits per heavy atom. The van der Waals surface area contributed by atoms with Gasteiger partial charge < -0.3 is 9.64 Å². The molecule has 0 spiro atoms. The molecule has 8 heteroatoms. The van der Waals surface area contributed by atoms with Crippen LogP contribution in [0, 0.1) is 12.8 Å². The molecular weight excluding hydrogens is 454 g/mol. The van der Waals surface area contributed by atoms with Crippen LogP contribution in [-0.2, 0) is 14.3 Å². The number of hydrogen-bond donors (Lipinski definition) is 0. The third-order valence-corrected chi connectivity index (χ3v) is 7.43. The molecule has 1 amide bonds. The quantitative estimate of drug-likeness (QED) is 0.339. The topological polar surface area (TPSA) is 62.7 Å². The lowest BCUT2D eigenvalue weighted by molar-refractivity contribution is -0.148. The minimum Gasteiger partial charge on any atom is -0.466 e. The Bertz CT molecular complexity index is 1140. The first kappa shape index (κ1) is 23.7. The lowest BCUT2D eigenvalue weighted by Crippen LogP contribution is -2.37. The number of para-hydroxylation sites is 1. The van der Waals surface area contributed by atoms with Crippen LogP contribution in [0.3, 0.4) is 0 Å². The number of carbonyl (C=O) groups excluding carboxylic acids is 2. The highest BCUT2D eigenvalue weighted by Gasteiger charge is 2.34. The predicted molar refractivity (Wildman–Crippen MR) is 138 cm³/mol. The Labute approximate surface area is 204 Å². The van der Waals surface area contributed by atoms with E-state index < -0.39 is 0 Å². The summed E-state index contributed by atoms with van der Waals surface area (Å²) >= 11 is 6.80. The highest BCUT2D eigenvalue weighted by Crippen LogP contribution is 2.37. The van der Waals surface area contributed by atoms with E-state index in [-0.39, 0.29) is 23.8 Å². The van der Waals surface area contributed by atoms with Crippen LogP contribution in [0.5, 0.6) is 0 Å². The monoisotopic (exact) mass is 483 g/mol. The number of aryl methyl sites for hydroxylation is 1. The highest BCUT2D eigenvalue weighted by atomic mass is 32.2. The molecule has 0 atom stereocenters. The fraction of sp³-hybridized carbons (Fsp3) is 0.440. The minimum atomic E-state index is -0.114. The predicted octanol–water partition coefficient (Wildman–Crippen LogP) is 4.93. The smallest absolute Gasteiger partial charge is 0.309 e. The second-order valence-corrected chi connectivity index (χ2v) is 10.4. The van der Waals surface area contributed by atoms with E-state index in [0.717, 1.165) is 40.7 Å². The number of fused-ring (bicyclic) bond motifs is 1. The van der Waals surface area contributed by atoms with Gasteiger partial charge in [0.2, 0.25) is 0 Å². The standard InChI is InChI=1S/C25H29N3O3S2/c1-5-31-24(30)17-9-11-27(12-10-17)22-19(13-18-8-6-7-16(4)21(18)26-22)14-20-23(29)28(15(2)3)25(32)33-20/h6-8,13-15,17H,5,9-12H2,1-4H3/b20-14-. The molecule has 3 heterocycles. The van der Waals surface area contributed by atoms with Crippen molar-refractivity contribution in [3.05, 3.63) is 40.3 Å². The number of benzene rings is 1. The summed E-state index contributed by atoms with van der Waals surface area (Å²) in [7, 11) is 0. The molecule has 2 aliphatic heterocycles. The number of piperidine rings is 1. The molecule has 4 rings (SSSR count). The van der Waals surface area contributed by atoms with E-state index in [0.29, 0.717) is 28.9 Å². The third kappa shape index (κ3) is 4.77. The molecule has 0 N–H and O–H groups in total. The van der Waals surface area contributed by atoms with E-state index in [4.69, 9.17) is 21.9 Å². The number of thiocarbonyl (C=S) groups is 1. The van der Waals surface area contributed by atoms with Crippen LogP contribution in [0.25, 0.3) is 17.0 Å². The third-order valence-electron chi connectivity index (χ3n) is 6.10. The molecule has 2 aliphatic rings. The average Bonchev–Trinajstić information content (AvgIpc) is 3.07. The number of aromatic nitrogens is 1. The molecule has 0 saturated carbocycles. The fourth-order valence-corrected chi connectivity index (χ4v) is 5.88. The summed E-state index contributed by atoms with van der Waals surface area (Å²) in [5, 5.41) is 1.03. The summed E-state index contributed by atoms with van der Waals surface area (Å²) in [6.45, 7) is 9.65. The molecule has 2 aromatic rings. The zero-order valence-corrected chi connectivity index (χ0v) is 21.1. The lowest BCUT2D eigenvalue weighted by atomic mass is 9.96. The van der Waals surface area contributed by atoms with Crippen LogP contribution >= 0.6 is 24.0 Å². The van der Waals surface area contributed by atoms with Gasteiger partial charge in [0.25, 0.3) is 5.91 Å². The van der Waals surface area contributed by atoms with Gasteiger partial charge in [-0.3, -0.25) is 14.5 Å². The number of rotatable bonds is 5. The van der Waals surface area contributed by atoms with Crippen LogP contribution in [-0.4, -0.2) is 51.8 Å².